The summed E-state index contributed by atoms with van der Waals surface area (Å²) in [4.78, 5) is 4.20. The van der Waals surface area contributed by atoms with E-state index in [0.717, 1.165) is 5.89 Å². The van der Waals surface area contributed by atoms with Crippen LogP contribution >= 0.6 is 0 Å². The topological polar surface area (TPSA) is 26.0 Å². The summed E-state index contributed by atoms with van der Waals surface area (Å²) in [5.41, 5.74) is 0.662. The predicted molar refractivity (Wildman–Crippen MR) is 46.8 cm³/mol. The smallest absolute Gasteiger partial charge is 0.198 e. The van der Waals surface area contributed by atoms with Crippen molar-refractivity contribution in [2.45, 2.75) is 33.6 Å². The van der Waals surface area contributed by atoms with E-state index in [1.54, 1.807) is 12.5 Å². The zero-order chi connectivity index (χ0) is 8.98. The van der Waals surface area contributed by atoms with Crippen LogP contribution in [-0.4, -0.2) is 4.98 Å². The van der Waals surface area contributed by atoms with Crippen molar-refractivity contribution in [2.75, 3.05) is 0 Å². The van der Waals surface area contributed by atoms with E-state index in [-0.39, 0.29) is 0 Å². The molecule has 1 aliphatic rings. The Bertz CT molecular complexity index is 271. The van der Waals surface area contributed by atoms with Gasteiger partial charge in [-0.15, -0.1) is 0 Å². The molecule has 0 atom stereocenters. The minimum Gasteiger partial charge on any atom is -0.449 e. The highest BCUT2D eigenvalue weighted by Crippen LogP contribution is 2.73. The third kappa shape index (κ3) is 0.728. The van der Waals surface area contributed by atoms with Crippen molar-refractivity contribution in [2.24, 2.45) is 10.8 Å². The van der Waals surface area contributed by atoms with Crippen molar-refractivity contribution in [1.29, 1.82) is 0 Å². The normalized spacial score (nSPS) is 25.7. The fourth-order valence-electron chi connectivity index (χ4n) is 2.19. The van der Waals surface area contributed by atoms with E-state index >= 15 is 0 Å². The lowest BCUT2D eigenvalue weighted by molar-refractivity contribution is 0.457. The first-order valence-electron chi connectivity index (χ1n) is 4.37. The molecule has 1 aromatic rings. The van der Waals surface area contributed by atoms with E-state index in [1.807, 2.05) is 0 Å². The van der Waals surface area contributed by atoms with Gasteiger partial charge in [-0.25, -0.2) is 4.98 Å². The van der Waals surface area contributed by atoms with Crippen LogP contribution in [0.15, 0.2) is 16.9 Å². The van der Waals surface area contributed by atoms with Crippen molar-refractivity contribution in [3.8, 4) is 0 Å². The second kappa shape index (κ2) is 1.93. The molecule has 0 aromatic carbocycles. The molecule has 0 saturated heterocycles. The quantitative estimate of drug-likeness (QED) is 0.639. The van der Waals surface area contributed by atoms with Gasteiger partial charge in [0.05, 0.1) is 6.20 Å². The Balaban J connectivity index is 2.32. The van der Waals surface area contributed by atoms with Crippen LogP contribution in [0.4, 0.5) is 0 Å². The Morgan fingerprint density at radius 3 is 2.17 bits per heavy atom. The molecule has 1 aliphatic carbocycles. The fraction of sp³-hybridized carbons (Fsp3) is 0.700. The maximum atomic E-state index is 5.32. The van der Waals surface area contributed by atoms with Gasteiger partial charge in [0.25, 0.3) is 0 Å². The van der Waals surface area contributed by atoms with Gasteiger partial charge in [-0.05, 0) is 10.8 Å². The molecule has 0 aliphatic heterocycles. The van der Waals surface area contributed by atoms with E-state index in [4.69, 9.17) is 4.42 Å². The zero-order valence-electron chi connectivity index (χ0n) is 8.09. The molecule has 2 heteroatoms. The second-order valence-corrected chi connectivity index (χ2v) is 4.75. The summed E-state index contributed by atoms with van der Waals surface area (Å²) in [6.07, 6.45) is 3.37. The van der Waals surface area contributed by atoms with Crippen LogP contribution in [0.2, 0.25) is 0 Å². The molecule has 0 unspecified atom stereocenters. The van der Waals surface area contributed by atoms with Crippen LogP contribution in [0.3, 0.4) is 0 Å². The molecule has 1 heterocycles. The number of hydrogen-bond donors (Lipinski definition) is 0. The summed E-state index contributed by atoms with van der Waals surface area (Å²) in [5, 5.41) is 0. The molecule has 2 nitrogen and oxygen atoms in total. The molecular formula is C10H15NO. The predicted octanol–water partition coefficient (Wildman–Crippen LogP) is 2.82. The third-order valence-corrected chi connectivity index (χ3v) is 3.72. The van der Waals surface area contributed by atoms with Gasteiger partial charge in [-0.1, -0.05) is 27.7 Å². The first-order chi connectivity index (χ1) is 5.48. The van der Waals surface area contributed by atoms with Crippen LogP contribution in [0.5, 0.6) is 0 Å². The fourth-order valence-corrected chi connectivity index (χ4v) is 2.19. The van der Waals surface area contributed by atoms with Crippen LogP contribution in [0.1, 0.15) is 39.5 Å². The summed E-state index contributed by atoms with van der Waals surface area (Å²) >= 11 is 0. The summed E-state index contributed by atoms with van der Waals surface area (Å²) in [6.45, 7) is 9.06. The molecule has 0 bridgehead atoms. The number of aromatic nitrogens is 1. The second-order valence-electron chi connectivity index (χ2n) is 4.75. The number of hydrogen-bond acceptors (Lipinski definition) is 2. The highest BCUT2D eigenvalue weighted by atomic mass is 16.3. The van der Waals surface area contributed by atoms with Crippen molar-refractivity contribution in [3.05, 3.63) is 18.4 Å². The maximum Gasteiger partial charge on any atom is 0.198 e. The van der Waals surface area contributed by atoms with Gasteiger partial charge >= 0.3 is 0 Å². The van der Waals surface area contributed by atoms with Crippen LogP contribution in [-0.2, 0) is 0 Å². The molecule has 2 rings (SSSR count). The van der Waals surface area contributed by atoms with Crippen molar-refractivity contribution < 1.29 is 4.42 Å². The summed E-state index contributed by atoms with van der Waals surface area (Å²) < 4.78 is 5.32. The average Bonchev–Trinajstić information content (AvgIpc) is 2.39. The molecule has 1 saturated carbocycles. The first kappa shape index (κ1) is 7.84. The monoisotopic (exact) mass is 165 g/mol. The molecule has 0 spiro atoms. The molecule has 0 N–H and O–H groups in total. The molecule has 1 aromatic heterocycles. The Morgan fingerprint density at radius 2 is 1.83 bits per heavy atom. The minimum atomic E-state index is 0.331. The molecule has 1 fully saturated rings. The minimum absolute atomic E-state index is 0.331. The van der Waals surface area contributed by atoms with Gasteiger partial charge in [-0.2, -0.15) is 0 Å². The van der Waals surface area contributed by atoms with Crippen LogP contribution in [0, 0.1) is 10.8 Å². The lowest BCUT2D eigenvalue weighted by Gasteiger charge is -2.03. The number of rotatable bonds is 1. The molecule has 66 valence electrons. The molecule has 0 amide bonds. The van der Waals surface area contributed by atoms with Crippen molar-refractivity contribution in [1.82, 2.24) is 4.98 Å². The Hall–Kier alpha value is -0.790. The van der Waals surface area contributed by atoms with E-state index < -0.39 is 0 Å². The molecular weight excluding hydrogens is 150 g/mol. The Morgan fingerprint density at radius 1 is 1.25 bits per heavy atom. The Labute approximate surface area is 73.0 Å². The van der Waals surface area contributed by atoms with Gasteiger partial charge in [0, 0.05) is 5.92 Å². The van der Waals surface area contributed by atoms with E-state index in [2.05, 4.69) is 32.7 Å². The van der Waals surface area contributed by atoms with E-state index in [1.165, 1.54) is 0 Å². The molecule has 0 radical (unpaired) electrons. The first-order valence-corrected chi connectivity index (χ1v) is 4.37. The Kier molecular flexibility index (Phi) is 1.26. The van der Waals surface area contributed by atoms with Gasteiger partial charge in [0.1, 0.15) is 6.26 Å². The van der Waals surface area contributed by atoms with Crippen molar-refractivity contribution >= 4 is 0 Å². The van der Waals surface area contributed by atoms with Crippen molar-refractivity contribution in [3.63, 3.8) is 0 Å². The highest BCUT2D eigenvalue weighted by Gasteiger charge is 2.67. The zero-order valence-corrected chi connectivity index (χ0v) is 8.09. The summed E-state index contributed by atoms with van der Waals surface area (Å²) in [6, 6.07) is 0. The lowest BCUT2D eigenvalue weighted by Crippen LogP contribution is -1.95. The third-order valence-electron chi connectivity index (χ3n) is 3.72. The SMILES string of the molecule is CC1(C)C(c2ncco2)C1(C)C. The van der Waals surface area contributed by atoms with Crippen LogP contribution < -0.4 is 0 Å². The molecule has 12 heavy (non-hydrogen) atoms. The summed E-state index contributed by atoms with van der Waals surface area (Å²) in [7, 11) is 0. The standard InChI is InChI=1S/C10H15NO/c1-9(2)7(10(9,3)4)8-11-5-6-12-8/h5-7H,1-4H3. The van der Waals surface area contributed by atoms with E-state index in [0.29, 0.717) is 16.7 Å². The van der Waals surface area contributed by atoms with E-state index in [9.17, 15) is 0 Å². The summed E-state index contributed by atoms with van der Waals surface area (Å²) in [5.74, 6) is 1.38. The number of nitrogens with zero attached hydrogens (tertiary/aromatic N) is 1. The maximum absolute atomic E-state index is 5.32. The van der Waals surface area contributed by atoms with Gasteiger partial charge in [-0.3, -0.25) is 0 Å². The van der Waals surface area contributed by atoms with Gasteiger partial charge in [0.15, 0.2) is 5.89 Å². The van der Waals surface area contributed by atoms with Gasteiger partial charge in [0.2, 0.25) is 0 Å². The number of oxazole rings is 1. The lowest BCUT2D eigenvalue weighted by atomic mass is 10.0. The average molecular weight is 165 g/mol. The highest BCUT2D eigenvalue weighted by molar-refractivity contribution is 5.24. The van der Waals surface area contributed by atoms with Gasteiger partial charge < -0.3 is 4.42 Å². The largest absolute Gasteiger partial charge is 0.449 e. The van der Waals surface area contributed by atoms with Crippen LogP contribution in [0.25, 0.3) is 0 Å².